The van der Waals surface area contributed by atoms with Crippen LogP contribution in [0.3, 0.4) is 0 Å². The van der Waals surface area contributed by atoms with Gasteiger partial charge in [0.25, 0.3) is 0 Å². The predicted molar refractivity (Wildman–Crippen MR) is 93.7 cm³/mol. The number of aromatic nitrogens is 2. The summed E-state index contributed by atoms with van der Waals surface area (Å²) in [7, 11) is 1.84. The maximum absolute atomic E-state index is 5.77. The molecule has 0 radical (unpaired) electrons. The van der Waals surface area contributed by atoms with Crippen LogP contribution in [-0.4, -0.2) is 17.0 Å². The fraction of sp³-hybridized carbons (Fsp3) is 0.0588. The van der Waals surface area contributed by atoms with Crippen molar-refractivity contribution in [2.24, 2.45) is 0 Å². The second-order valence-corrected chi connectivity index (χ2v) is 5.63. The highest BCUT2D eigenvalue weighted by Gasteiger charge is 2.00. The van der Waals surface area contributed by atoms with E-state index in [0.29, 0.717) is 0 Å². The average molecular weight is 306 g/mol. The summed E-state index contributed by atoms with van der Waals surface area (Å²) in [6, 6.07) is 9.55. The molecule has 108 valence electrons. The Kier molecular flexibility index (Phi) is 4.03. The SMILES string of the molecule is CNc1ccc(C#C/C=C/c2nc3ccc(N)cc3s2)cn1. The lowest BCUT2D eigenvalue weighted by atomic mass is 10.3. The Bertz CT molecular complexity index is 882. The summed E-state index contributed by atoms with van der Waals surface area (Å²) < 4.78 is 1.08. The van der Waals surface area contributed by atoms with E-state index in [9.17, 15) is 0 Å². The van der Waals surface area contributed by atoms with Crippen LogP contribution >= 0.6 is 11.3 Å². The van der Waals surface area contributed by atoms with Gasteiger partial charge in [-0.1, -0.05) is 11.8 Å². The van der Waals surface area contributed by atoms with Gasteiger partial charge >= 0.3 is 0 Å². The molecule has 3 aromatic rings. The van der Waals surface area contributed by atoms with Crippen molar-refractivity contribution in [3.8, 4) is 11.8 Å². The first kappa shape index (κ1) is 14.1. The van der Waals surface area contributed by atoms with E-state index in [1.54, 1.807) is 23.6 Å². The van der Waals surface area contributed by atoms with Gasteiger partial charge in [-0.2, -0.15) is 0 Å². The van der Waals surface area contributed by atoms with Gasteiger partial charge in [0.2, 0.25) is 0 Å². The zero-order valence-electron chi connectivity index (χ0n) is 12.0. The van der Waals surface area contributed by atoms with Crippen LogP contribution < -0.4 is 11.1 Å². The van der Waals surface area contributed by atoms with E-state index < -0.39 is 0 Å². The van der Waals surface area contributed by atoms with Gasteiger partial charge in [-0.15, -0.1) is 11.3 Å². The van der Waals surface area contributed by atoms with Gasteiger partial charge in [-0.05, 0) is 42.5 Å². The maximum Gasteiger partial charge on any atom is 0.125 e. The largest absolute Gasteiger partial charge is 0.399 e. The summed E-state index contributed by atoms with van der Waals surface area (Å²) in [5.74, 6) is 6.86. The Hall–Kier alpha value is -2.84. The van der Waals surface area contributed by atoms with Crippen molar-refractivity contribution in [3.63, 3.8) is 0 Å². The number of fused-ring (bicyclic) bond motifs is 1. The minimum atomic E-state index is 0.754. The molecule has 4 nitrogen and oxygen atoms in total. The monoisotopic (exact) mass is 306 g/mol. The fourth-order valence-electron chi connectivity index (χ4n) is 1.88. The summed E-state index contributed by atoms with van der Waals surface area (Å²) in [5.41, 5.74) is 8.35. The van der Waals surface area contributed by atoms with Crippen LogP contribution in [0.5, 0.6) is 0 Å². The first-order chi connectivity index (χ1) is 10.7. The second-order valence-electron chi connectivity index (χ2n) is 4.56. The molecule has 0 bridgehead atoms. The Balaban J connectivity index is 1.74. The lowest BCUT2D eigenvalue weighted by molar-refractivity contribution is 1.28. The molecule has 3 rings (SSSR count). The Morgan fingerprint density at radius 3 is 2.95 bits per heavy atom. The molecule has 0 saturated heterocycles. The molecule has 0 amide bonds. The number of nitrogens with two attached hydrogens (primary N) is 1. The molecule has 0 spiro atoms. The number of allylic oxidation sites excluding steroid dienone is 1. The van der Waals surface area contributed by atoms with Crippen molar-refractivity contribution in [3.05, 3.63) is 53.2 Å². The van der Waals surface area contributed by atoms with Crippen LogP contribution in [0.1, 0.15) is 10.6 Å². The fourth-order valence-corrected chi connectivity index (χ4v) is 2.80. The van der Waals surface area contributed by atoms with Crippen LogP contribution in [0, 0.1) is 11.8 Å². The molecule has 0 aliphatic carbocycles. The summed E-state index contributed by atoms with van der Waals surface area (Å²) >= 11 is 1.60. The number of nitrogen functional groups attached to an aromatic ring is 1. The molecular weight excluding hydrogens is 292 g/mol. The molecule has 3 N–H and O–H groups in total. The summed E-state index contributed by atoms with van der Waals surface area (Å²) in [6.45, 7) is 0. The molecule has 2 heterocycles. The van der Waals surface area contributed by atoms with Gasteiger partial charge in [0.15, 0.2) is 0 Å². The third-order valence-corrected chi connectivity index (χ3v) is 3.96. The van der Waals surface area contributed by atoms with Crippen LogP contribution in [0.25, 0.3) is 16.3 Å². The first-order valence-electron chi connectivity index (χ1n) is 6.72. The lowest BCUT2D eigenvalue weighted by Crippen LogP contribution is -1.90. The van der Waals surface area contributed by atoms with Crippen molar-refractivity contribution in [2.45, 2.75) is 0 Å². The van der Waals surface area contributed by atoms with Crippen LogP contribution in [0.4, 0.5) is 11.5 Å². The van der Waals surface area contributed by atoms with Gasteiger partial charge in [0, 0.05) is 24.5 Å². The highest BCUT2D eigenvalue weighted by atomic mass is 32.1. The van der Waals surface area contributed by atoms with E-state index in [-0.39, 0.29) is 0 Å². The van der Waals surface area contributed by atoms with Gasteiger partial charge in [-0.25, -0.2) is 9.97 Å². The molecule has 0 unspecified atom stereocenters. The standard InChI is InChI=1S/C17H14N4S/c1-19-16-9-6-12(11-20-16)4-2-3-5-17-21-14-8-7-13(18)10-15(14)22-17/h3,5-11H,18H2,1H3,(H,19,20)/b5-3+. The highest BCUT2D eigenvalue weighted by Crippen LogP contribution is 2.24. The zero-order valence-corrected chi connectivity index (χ0v) is 12.8. The van der Waals surface area contributed by atoms with E-state index in [0.717, 1.165) is 32.3 Å². The number of nitrogens with one attached hydrogen (secondary N) is 1. The van der Waals surface area contributed by atoms with Gasteiger partial charge in [0.05, 0.1) is 10.2 Å². The van der Waals surface area contributed by atoms with Crippen molar-refractivity contribution in [1.82, 2.24) is 9.97 Å². The average Bonchev–Trinajstić information content (AvgIpc) is 2.94. The second kappa shape index (κ2) is 6.29. The minimum absolute atomic E-state index is 0.754. The molecule has 0 fully saturated rings. The Morgan fingerprint density at radius 1 is 1.27 bits per heavy atom. The smallest absolute Gasteiger partial charge is 0.125 e. The number of benzene rings is 1. The third kappa shape index (κ3) is 3.25. The molecule has 0 saturated carbocycles. The third-order valence-electron chi connectivity index (χ3n) is 2.97. The number of nitrogens with zero attached hydrogens (tertiary/aromatic N) is 2. The van der Waals surface area contributed by atoms with Gasteiger partial charge < -0.3 is 11.1 Å². The Labute approximate surface area is 132 Å². The summed E-state index contributed by atoms with van der Waals surface area (Å²) in [6.07, 6.45) is 5.45. The minimum Gasteiger partial charge on any atom is -0.399 e. The molecule has 0 aliphatic heterocycles. The number of thiazole rings is 1. The number of hydrogen-bond acceptors (Lipinski definition) is 5. The van der Waals surface area contributed by atoms with Gasteiger partial charge in [-0.3, -0.25) is 0 Å². The van der Waals surface area contributed by atoms with E-state index in [1.807, 2.05) is 43.5 Å². The summed E-state index contributed by atoms with van der Waals surface area (Å²) in [5, 5.41) is 3.89. The topological polar surface area (TPSA) is 63.8 Å². The van der Waals surface area contributed by atoms with E-state index in [1.165, 1.54) is 0 Å². The molecule has 5 heteroatoms. The van der Waals surface area contributed by atoms with E-state index in [4.69, 9.17) is 5.73 Å². The van der Waals surface area contributed by atoms with Crippen molar-refractivity contribution >= 4 is 39.1 Å². The van der Waals surface area contributed by atoms with E-state index >= 15 is 0 Å². The van der Waals surface area contributed by atoms with Crippen molar-refractivity contribution in [1.29, 1.82) is 0 Å². The normalized spacial score (nSPS) is 10.6. The first-order valence-corrected chi connectivity index (χ1v) is 7.54. The van der Waals surface area contributed by atoms with E-state index in [2.05, 4.69) is 27.1 Å². The van der Waals surface area contributed by atoms with Crippen LogP contribution in [-0.2, 0) is 0 Å². The van der Waals surface area contributed by atoms with Gasteiger partial charge in [0.1, 0.15) is 10.8 Å². The molecule has 2 aromatic heterocycles. The number of rotatable bonds is 2. The molecular formula is C17H14N4S. The van der Waals surface area contributed by atoms with Crippen LogP contribution in [0.15, 0.2) is 42.6 Å². The molecule has 0 atom stereocenters. The Morgan fingerprint density at radius 2 is 2.18 bits per heavy atom. The van der Waals surface area contributed by atoms with Crippen molar-refractivity contribution in [2.75, 3.05) is 18.1 Å². The maximum atomic E-state index is 5.77. The van der Waals surface area contributed by atoms with Crippen molar-refractivity contribution < 1.29 is 0 Å². The number of anilines is 2. The van der Waals surface area contributed by atoms with Crippen LogP contribution in [0.2, 0.25) is 0 Å². The highest BCUT2D eigenvalue weighted by molar-refractivity contribution is 7.19. The molecule has 1 aromatic carbocycles. The molecule has 22 heavy (non-hydrogen) atoms. The number of pyridine rings is 1. The quantitative estimate of drug-likeness (QED) is 0.563. The lowest BCUT2D eigenvalue weighted by Gasteiger charge is -1.96. The molecule has 0 aliphatic rings. The number of hydrogen-bond donors (Lipinski definition) is 2. The zero-order chi connectivity index (χ0) is 15.4. The summed E-state index contributed by atoms with van der Waals surface area (Å²) in [4.78, 5) is 8.72. The predicted octanol–water partition coefficient (Wildman–Crippen LogP) is 3.38.